The molecular formula is C23H17ClN2O2S. The van der Waals surface area contributed by atoms with E-state index in [9.17, 15) is 9.90 Å². The van der Waals surface area contributed by atoms with Crippen LogP contribution in [0.25, 0.3) is 21.5 Å². The van der Waals surface area contributed by atoms with Gasteiger partial charge in [0, 0.05) is 10.4 Å². The highest BCUT2D eigenvalue weighted by atomic mass is 35.5. The van der Waals surface area contributed by atoms with Crippen molar-refractivity contribution >= 4 is 44.5 Å². The topological polar surface area (TPSA) is 55.1 Å². The Labute approximate surface area is 176 Å². The summed E-state index contributed by atoms with van der Waals surface area (Å²) in [6.45, 7) is 2.67. The number of aryl methyl sites for hydroxylation is 1. The van der Waals surface area contributed by atoms with E-state index < -0.39 is 0 Å². The highest BCUT2D eigenvalue weighted by Gasteiger charge is 2.28. The Hall–Kier alpha value is -2.89. The first-order valence-corrected chi connectivity index (χ1v) is 10.6. The Bertz CT molecular complexity index is 1370. The molecule has 0 amide bonds. The molecule has 4 aromatic rings. The maximum atomic E-state index is 12.8. The number of aliphatic hydroxyl groups is 1. The molecule has 4 nitrogen and oxygen atoms in total. The zero-order valence-electron chi connectivity index (χ0n) is 15.6. The summed E-state index contributed by atoms with van der Waals surface area (Å²) in [5.74, 6) is 0.498. The van der Waals surface area contributed by atoms with E-state index in [-0.39, 0.29) is 11.3 Å². The number of halogens is 1. The van der Waals surface area contributed by atoms with E-state index in [4.69, 9.17) is 11.6 Å². The summed E-state index contributed by atoms with van der Waals surface area (Å²) in [6, 6.07) is 17.0. The van der Waals surface area contributed by atoms with Crippen LogP contribution in [0.4, 0.5) is 0 Å². The molecule has 0 unspecified atom stereocenters. The molecule has 144 valence electrons. The average molecular weight is 421 g/mol. The molecule has 0 radical (unpaired) electrons. The van der Waals surface area contributed by atoms with Gasteiger partial charge in [-0.3, -0.25) is 4.79 Å². The molecule has 0 bridgehead atoms. The molecule has 0 fully saturated rings. The maximum absolute atomic E-state index is 12.8. The second-order valence-electron chi connectivity index (χ2n) is 6.97. The molecule has 0 aliphatic carbocycles. The van der Waals surface area contributed by atoms with Gasteiger partial charge in [-0.25, -0.2) is 0 Å². The smallest absolute Gasteiger partial charge is 0.281 e. The molecule has 2 aromatic heterocycles. The minimum atomic E-state index is -0.272. The first-order chi connectivity index (χ1) is 14.1. The van der Waals surface area contributed by atoms with Gasteiger partial charge in [0.1, 0.15) is 16.4 Å². The third kappa shape index (κ3) is 2.81. The highest BCUT2D eigenvalue weighted by Crippen LogP contribution is 2.39. The van der Waals surface area contributed by atoms with Crippen molar-refractivity contribution in [3.8, 4) is 0 Å². The van der Waals surface area contributed by atoms with Gasteiger partial charge in [0.25, 0.3) is 5.56 Å². The Kier molecular flexibility index (Phi) is 4.30. The minimum absolute atomic E-state index is 0.0232. The Morgan fingerprint density at radius 1 is 1.21 bits per heavy atom. The van der Waals surface area contributed by atoms with E-state index in [1.54, 1.807) is 23.5 Å². The zero-order chi connectivity index (χ0) is 20.1. The molecule has 1 N–H and O–H groups in total. The van der Waals surface area contributed by atoms with Gasteiger partial charge >= 0.3 is 0 Å². The molecule has 1 aliphatic rings. The highest BCUT2D eigenvalue weighted by molar-refractivity contribution is 7.18. The lowest BCUT2D eigenvalue weighted by atomic mass is 9.92. The quantitative estimate of drug-likeness (QED) is 0.383. The Morgan fingerprint density at radius 3 is 2.76 bits per heavy atom. The fraction of sp³-hybridized carbons (Fsp3) is 0.130. The molecule has 6 heteroatoms. The number of hydrogen-bond donors (Lipinski definition) is 1. The van der Waals surface area contributed by atoms with Crippen LogP contribution in [0.1, 0.15) is 34.3 Å². The molecule has 1 aliphatic heterocycles. The van der Waals surface area contributed by atoms with E-state index in [1.165, 1.54) is 0 Å². The van der Waals surface area contributed by atoms with Crippen LogP contribution in [0.5, 0.6) is 0 Å². The van der Waals surface area contributed by atoms with Gasteiger partial charge in [-0.1, -0.05) is 54.9 Å². The van der Waals surface area contributed by atoms with Gasteiger partial charge in [0.2, 0.25) is 0 Å². The Balaban J connectivity index is 1.90. The summed E-state index contributed by atoms with van der Waals surface area (Å²) in [6.07, 6.45) is 0.859. The summed E-state index contributed by atoms with van der Waals surface area (Å²) in [4.78, 5) is 19.2. The summed E-state index contributed by atoms with van der Waals surface area (Å²) in [5.41, 5.74) is 2.70. The number of fused-ring (bicyclic) bond motifs is 4. The number of nitrogens with zero attached hydrogens (tertiary/aromatic N) is 2. The van der Waals surface area contributed by atoms with Crippen LogP contribution in [0.15, 0.2) is 59.4 Å². The van der Waals surface area contributed by atoms with Gasteiger partial charge < -0.3 is 9.67 Å². The van der Waals surface area contributed by atoms with Crippen LogP contribution in [-0.2, 0) is 13.0 Å². The number of aliphatic hydroxyl groups excluding tert-OH is 1. The van der Waals surface area contributed by atoms with Crippen molar-refractivity contribution in [1.82, 2.24) is 9.55 Å². The molecular weight excluding hydrogens is 404 g/mol. The summed E-state index contributed by atoms with van der Waals surface area (Å²) in [5, 5.41) is 12.4. The van der Waals surface area contributed by atoms with Crippen molar-refractivity contribution in [2.75, 3.05) is 0 Å². The van der Waals surface area contributed by atoms with Gasteiger partial charge in [-0.15, -0.1) is 11.3 Å². The number of rotatable bonds is 2. The summed E-state index contributed by atoms with van der Waals surface area (Å²) < 4.78 is 2.03. The predicted octanol–water partition coefficient (Wildman–Crippen LogP) is 5.51. The van der Waals surface area contributed by atoms with E-state index in [1.807, 2.05) is 47.0 Å². The number of thiophene rings is 1. The largest absolute Gasteiger partial charge is 0.506 e. The van der Waals surface area contributed by atoms with E-state index >= 15 is 0 Å². The van der Waals surface area contributed by atoms with Crippen LogP contribution >= 0.6 is 22.9 Å². The van der Waals surface area contributed by atoms with E-state index in [0.29, 0.717) is 33.9 Å². The second-order valence-corrected chi connectivity index (χ2v) is 8.49. The van der Waals surface area contributed by atoms with Crippen LogP contribution in [0.2, 0.25) is 5.02 Å². The number of benzene rings is 2. The van der Waals surface area contributed by atoms with Gasteiger partial charge in [0.15, 0.2) is 0 Å². The average Bonchev–Trinajstić information content (AvgIpc) is 3.18. The fourth-order valence-electron chi connectivity index (χ4n) is 3.82. The normalized spacial score (nSPS) is 14.6. The second kappa shape index (κ2) is 6.87. The molecule has 3 heterocycles. The van der Waals surface area contributed by atoms with Crippen molar-refractivity contribution in [3.63, 3.8) is 0 Å². The third-order valence-electron chi connectivity index (χ3n) is 5.26. The number of aromatic nitrogens is 2. The molecule has 0 spiro atoms. The maximum Gasteiger partial charge on any atom is 0.281 e. The molecule has 0 atom stereocenters. The van der Waals surface area contributed by atoms with Crippen molar-refractivity contribution in [3.05, 3.63) is 97.4 Å². The van der Waals surface area contributed by atoms with E-state index in [0.717, 1.165) is 27.3 Å². The minimum Gasteiger partial charge on any atom is -0.506 e. The monoisotopic (exact) mass is 420 g/mol. The van der Waals surface area contributed by atoms with E-state index in [2.05, 4.69) is 11.9 Å². The summed E-state index contributed by atoms with van der Waals surface area (Å²) >= 11 is 7.97. The fourth-order valence-corrected chi connectivity index (χ4v) is 5.14. The first-order valence-electron chi connectivity index (χ1n) is 9.38. The predicted molar refractivity (Wildman–Crippen MR) is 119 cm³/mol. The van der Waals surface area contributed by atoms with Crippen molar-refractivity contribution in [2.45, 2.75) is 19.9 Å². The van der Waals surface area contributed by atoms with Crippen LogP contribution in [0, 0.1) is 0 Å². The molecule has 29 heavy (non-hydrogen) atoms. The Morgan fingerprint density at radius 2 is 1.97 bits per heavy atom. The van der Waals surface area contributed by atoms with Crippen molar-refractivity contribution in [1.29, 1.82) is 0 Å². The lowest BCUT2D eigenvalue weighted by molar-refractivity contribution is 0.512. The third-order valence-corrected chi connectivity index (χ3v) is 6.89. The SMILES string of the molecule is CCc1cc2c(=O)nc3n(c2s1)Cc1ccccc1/C3=C(/O)c1ccccc1Cl. The first kappa shape index (κ1) is 18.2. The lowest BCUT2D eigenvalue weighted by Crippen LogP contribution is -2.23. The van der Waals surface area contributed by atoms with Crippen LogP contribution < -0.4 is 5.56 Å². The van der Waals surface area contributed by atoms with Gasteiger partial charge in [-0.2, -0.15) is 4.98 Å². The van der Waals surface area contributed by atoms with Crippen LogP contribution in [-0.4, -0.2) is 14.7 Å². The summed E-state index contributed by atoms with van der Waals surface area (Å²) in [7, 11) is 0. The zero-order valence-corrected chi connectivity index (χ0v) is 17.2. The standard InChI is InChI=1S/C23H17ClN2O2S/c1-2-14-11-17-22(28)25-21-19(20(27)16-9-5-6-10-18(16)24)15-8-4-3-7-13(15)12-26(21)23(17)29-14/h3-11,27H,2,12H2,1H3/b20-19-. The van der Waals surface area contributed by atoms with Crippen molar-refractivity contribution < 1.29 is 5.11 Å². The lowest BCUT2D eigenvalue weighted by Gasteiger charge is -2.25. The van der Waals surface area contributed by atoms with Crippen molar-refractivity contribution in [2.24, 2.45) is 0 Å². The van der Waals surface area contributed by atoms with Gasteiger partial charge in [-0.05, 0) is 35.7 Å². The molecule has 2 aromatic carbocycles. The number of hydrogen-bond acceptors (Lipinski definition) is 4. The van der Waals surface area contributed by atoms with Crippen LogP contribution in [0.3, 0.4) is 0 Å². The molecule has 0 saturated heterocycles. The molecule has 0 saturated carbocycles. The van der Waals surface area contributed by atoms with Gasteiger partial charge in [0.05, 0.1) is 22.5 Å². The molecule has 5 rings (SSSR count).